The molecule has 1 N–H and O–H groups in total. The lowest BCUT2D eigenvalue weighted by Crippen LogP contribution is -2.39. The standard InChI is InChI=1S/C53H47N/c1-34-27-29-44-43-23-12-14-26-49(43)53(51(44)31-34)48-25-13-11-22-42(48)39-19-7-5-17-37(39)38-18-6-8-20-40(38)46-32-36(28-30-50(46)53)47-33-54-52(35-15-3-2-4-16-35)45-24-10-9-21-41(45)47/h2-11,13-22,24-30,32,34,38,40,43,45,49,52,54H,12,23,31,33H2,1H3/t34-,38?,40?,43?,45+,49?,52?,53?/m1/s1. The molecule has 1 heterocycles. The molecule has 0 amide bonds. The molecule has 1 heteroatoms. The highest BCUT2D eigenvalue weighted by atomic mass is 14.9. The molecule has 1 aliphatic heterocycles. The summed E-state index contributed by atoms with van der Waals surface area (Å²) < 4.78 is 0. The van der Waals surface area contributed by atoms with Crippen LogP contribution in [0.15, 0.2) is 187 Å². The Morgan fingerprint density at radius 3 is 2.28 bits per heavy atom. The third-order valence-corrected chi connectivity index (χ3v) is 14.0. The van der Waals surface area contributed by atoms with E-state index < -0.39 is 0 Å². The summed E-state index contributed by atoms with van der Waals surface area (Å²) in [6, 6.07) is 37.9. The molecule has 1 spiro atoms. The Kier molecular flexibility index (Phi) is 7.56. The van der Waals surface area contributed by atoms with Gasteiger partial charge in [-0.2, -0.15) is 0 Å². The van der Waals surface area contributed by atoms with E-state index in [-0.39, 0.29) is 29.2 Å². The van der Waals surface area contributed by atoms with Gasteiger partial charge in [0.1, 0.15) is 0 Å². The number of benzene rings is 4. The zero-order valence-electron chi connectivity index (χ0n) is 31.0. The van der Waals surface area contributed by atoms with Crippen LogP contribution >= 0.6 is 0 Å². The first kappa shape index (κ1) is 32.2. The molecule has 4 aromatic rings. The molecule has 4 aromatic carbocycles. The van der Waals surface area contributed by atoms with Crippen LogP contribution in [0.4, 0.5) is 0 Å². The summed E-state index contributed by atoms with van der Waals surface area (Å²) in [7, 11) is 0. The lowest BCUT2D eigenvalue weighted by Gasteiger charge is -2.44. The minimum absolute atomic E-state index is 0.210. The van der Waals surface area contributed by atoms with E-state index in [9.17, 15) is 0 Å². The van der Waals surface area contributed by atoms with Crippen molar-refractivity contribution in [3.05, 3.63) is 220 Å². The van der Waals surface area contributed by atoms with Crippen LogP contribution in [0.2, 0.25) is 0 Å². The van der Waals surface area contributed by atoms with Crippen molar-refractivity contribution in [3.8, 4) is 11.1 Å². The fraction of sp³-hybridized carbons (Fsp3) is 0.245. The molecule has 264 valence electrons. The van der Waals surface area contributed by atoms with Crippen molar-refractivity contribution in [3.63, 3.8) is 0 Å². The van der Waals surface area contributed by atoms with Gasteiger partial charge in [-0.15, -0.1) is 0 Å². The summed E-state index contributed by atoms with van der Waals surface area (Å²) >= 11 is 0. The second kappa shape index (κ2) is 12.7. The highest BCUT2D eigenvalue weighted by Gasteiger charge is 2.57. The van der Waals surface area contributed by atoms with E-state index in [0.29, 0.717) is 17.8 Å². The number of hydrogen-bond acceptors (Lipinski definition) is 1. The van der Waals surface area contributed by atoms with Gasteiger partial charge in [0.25, 0.3) is 0 Å². The SMILES string of the molecule is C[C@@H]1C=CC2=C(C1)C1(c3ccccc3-c3ccccc3C3C=CC=CC3c3cc(C4=C5C=CC=C[C@@H]5C(c5ccccc5)NC4)ccc31)C1C=CCCC21. The average molecular weight is 698 g/mol. The van der Waals surface area contributed by atoms with E-state index in [0.717, 1.165) is 19.4 Å². The Bertz CT molecular complexity index is 2430. The van der Waals surface area contributed by atoms with Crippen molar-refractivity contribution in [2.45, 2.75) is 49.5 Å². The molecule has 0 saturated carbocycles. The highest BCUT2D eigenvalue weighted by Crippen LogP contribution is 2.65. The smallest absolute Gasteiger partial charge is 0.0494 e. The molecular formula is C53H47N. The molecule has 8 atom stereocenters. The molecule has 6 unspecified atom stereocenters. The van der Waals surface area contributed by atoms with Gasteiger partial charge in [0.05, 0.1) is 0 Å². The number of fused-ring (bicyclic) bond motifs is 14. The van der Waals surface area contributed by atoms with E-state index in [4.69, 9.17) is 0 Å². The molecular weight excluding hydrogens is 651 g/mol. The largest absolute Gasteiger partial charge is 0.305 e. The summed E-state index contributed by atoms with van der Waals surface area (Å²) in [5.41, 5.74) is 17.3. The Balaban J connectivity index is 1.21. The van der Waals surface area contributed by atoms with Gasteiger partial charge in [-0.1, -0.05) is 182 Å². The summed E-state index contributed by atoms with van der Waals surface area (Å²) in [5.74, 6) is 2.12. The van der Waals surface area contributed by atoms with Crippen LogP contribution < -0.4 is 5.32 Å². The van der Waals surface area contributed by atoms with Gasteiger partial charge >= 0.3 is 0 Å². The van der Waals surface area contributed by atoms with Gasteiger partial charge in [0.15, 0.2) is 0 Å². The maximum Gasteiger partial charge on any atom is 0.0494 e. The van der Waals surface area contributed by atoms with Crippen molar-refractivity contribution in [1.29, 1.82) is 0 Å². The summed E-state index contributed by atoms with van der Waals surface area (Å²) in [5, 5.41) is 4.01. The molecule has 11 rings (SSSR count). The zero-order chi connectivity index (χ0) is 35.8. The predicted molar refractivity (Wildman–Crippen MR) is 224 cm³/mol. The van der Waals surface area contributed by atoms with Crippen molar-refractivity contribution in [2.75, 3.05) is 6.54 Å². The highest BCUT2D eigenvalue weighted by molar-refractivity contribution is 5.81. The third-order valence-electron chi connectivity index (χ3n) is 14.0. The Labute approximate surface area is 320 Å². The van der Waals surface area contributed by atoms with Crippen molar-refractivity contribution in [1.82, 2.24) is 5.32 Å². The number of hydrogen-bond donors (Lipinski definition) is 1. The van der Waals surface area contributed by atoms with Gasteiger partial charge in [-0.25, -0.2) is 0 Å². The van der Waals surface area contributed by atoms with Crippen molar-refractivity contribution < 1.29 is 0 Å². The van der Waals surface area contributed by atoms with Crippen molar-refractivity contribution in [2.24, 2.45) is 23.7 Å². The molecule has 0 bridgehead atoms. The lowest BCUT2D eigenvalue weighted by molar-refractivity contribution is 0.348. The first-order valence-corrected chi connectivity index (χ1v) is 20.3. The van der Waals surface area contributed by atoms with Gasteiger partial charge in [-0.3, -0.25) is 0 Å². The summed E-state index contributed by atoms with van der Waals surface area (Å²) in [6.07, 6.45) is 32.5. The van der Waals surface area contributed by atoms with Gasteiger partial charge in [0, 0.05) is 41.7 Å². The van der Waals surface area contributed by atoms with Gasteiger partial charge < -0.3 is 5.32 Å². The van der Waals surface area contributed by atoms with Gasteiger partial charge in [-0.05, 0) is 92.3 Å². The topological polar surface area (TPSA) is 12.0 Å². The van der Waals surface area contributed by atoms with E-state index in [1.54, 1.807) is 11.1 Å². The normalized spacial score (nSPS) is 31.1. The van der Waals surface area contributed by atoms with Crippen LogP contribution in [0.1, 0.15) is 77.4 Å². The maximum absolute atomic E-state index is 4.01. The van der Waals surface area contributed by atoms with Crippen LogP contribution in [0.3, 0.4) is 0 Å². The minimum atomic E-state index is -0.269. The molecule has 0 aromatic heterocycles. The number of nitrogens with one attached hydrogen (secondary N) is 1. The monoisotopic (exact) mass is 697 g/mol. The molecule has 0 fully saturated rings. The predicted octanol–water partition coefficient (Wildman–Crippen LogP) is 12.3. The molecule has 0 radical (unpaired) electrons. The molecule has 54 heavy (non-hydrogen) atoms. The van der Waals surface area contributed by atoms with E-state index in [1.165, 1.54) is 62.1 Å². The fourth-order valence-corrected chi connectivity index (χ4v) is 11.8. The van der Waals surface area contributed by atoms with Crippen LogP contribution in [-0.4, -0.2) is 6.54 Å². The Morgan fingerprint density at radius 2 is 1.39 bits per heavy atom. The minimum Gasteiger partial charge on any atom is -0.305 e. The number of allylic oxidation sites excluding steroid dienone is 13. The second-order valence-corrected chi connectivity index (χ2v) is 16.6. The first-order valence-electron chi connectivity index (χ1n) is 20.3. The Morgan fingerprint density at radius 1 is 0.630 bits per heavy atom. The van der Waals surface area contributed by atoms with E-state index in [2.05, 4.69) is 182 Å². The average Bonchev–Trinajstić information content (AvgIpc) is 3.54. The van der Waals surface area contributed by atoms with E-state index >= 15 is 0 Å². The quantitative estimate of drug-likeness (QED) is 0.206. The fourth-order valence-electron chi connectivity index (χ4n) is 11.8. The Hall–Kier alpha value is -5.24. The molecule has 6 aliphatic carbocycles. The molecule has 7 aliphatic rings. The van der Waals surface area contributed by atoms with Crippen molar-refractivity contribution >= 4 is 5.57 Å². The molecule has 1 nitrogen and oxygen atoms in total. The third kappa shape index (κ3) is 4.67. The van der Waals surface area contributed by atoms with Crippen LogP contribution in [0.25, 0.3) is 16.7 Å². The first-order chi connectivity index (χ1) is 26.7. The number of rotatable bonds is 2. The van der Waals surface area contributed by atoms with Crippen LogP contribution in [0, 0.1) is 23.7 Å². The van der Waals surface area contributed by atoms with Crippen LogP contribution in [-0.2, 0) is 5.41 Å². The molecule has 0 saturated heterocycles. The van der Waals surface area contributed by atoms with Crippen LogP contribution in [0.5, 0.6) is 0 Å². The second-order valence-electron chi connectivity index (χ2n) is 16.6. The summed E-state index contributed by atoms with van der Waals surface area (Å²) in [6.45, 7) is 3.26. The lowest BCUT2D eigenvalue weighted by atomic mass is 9.57. The van der Waals surface area contributed by atoms with E-state index in [1.807, 2.05) is 0 Å². The van der Waals surface area contributed by atoms with Gasteiger partial charge in [0.2, 0.25) is 0 Å². The summed E-state index contributed by atoms with van der Waals surface area (Å²) in [4.78, 5) is 0. The maximum atomic E-state index is 4.01. The zero-order valence-corrected chi connectivity index (χ0v) is 31.0.